The van der Waals surface area contributed by atoms with E-state index in [1.165, 1.54) is 11.1 Å². The van der Waals surface area contributed by atoms with Gasteiger partial charge in [0.15, 0.2) is 5.96 Å². The molecular weight excluding hydrogens is 453 g/mol. The summed E-state index contributed by atoms with van der Waals surface area (Å²) in [5, 5.41) is 6.71. The van der Waals surface area contributed by atoms with Crippen LogP contribution in [0.2, 0.25) is 0 Å². The number of methoxy groups -OCH3 is 2. The molecule has 0 bridgehead atoms. The fourth-order valence-corrected chi connectivity index (χ4v) is 2.66. The second kappa shape index (κ2) is 12.4. The van der Waals surface area contributed by atoms with E-state index in [1.54, 1.807) is 21.3 Å². The third-order valence-electron chi connectivity index (χ3n) is 4.40. The number of halogens is 1. The molecule has 2 rings (SSSR count). The molecular formula is C21H30IN3O2. The van der Waals surface area contributed by atoms with Gasteiger partial charge in [-0.2, -0.15) is 0 Å². The van der Waals surface area contributed by atoms with Crippen LogP contribution < -0.4 is 20.1 Å². The lowest BCUT2D eigenvalue weighted by Crippen LogP contribution is -2.37. The molecule has 0 saturated heterocycles. The molecule has 0 spiro atoms. The van der Waals surface area contributed by atoms with Gasteiger partial charge in [-0.15, -0.1) is 24.0 Å². The Labute approximate surface area is 179 Å². The summed E-state index contributed by atoms with van der Waals surface area (Å²) in [6.45, 7) is 3.81. The zero-order valence-corrected chi connectivity index (χ0v) is 18.8. The molecule has 2 N–H and O–H groups in total. The highest BCUT2D eigenvalue weighted by Gasteiger charge is 2.06. The maximum atomic E-state index is 5.21. The molecule has 0 fully saturated rings. The SMILES string of the molecule is CN=C(NCCC(C)c1ccc(OC)cc1)NCc1ccc(OC)cc1.I. The third kappa shape index (κ3) is 7.66. The Morgan fingerprint density at radius 1 is 0.926 bits per heavy atom. The van der Waals surface area contributed by atoms with E-state index in [9.17, 15) is 0 Å². The largest absolute Gasteiger partial charge is 0.497 e. The monoisotopic (exact) mass is 483 g/mol. The molecule has 0 radical (unpaired) electrons. The van der Waals surface area contributed by atoms with Crippen molar-refractivity contribution in [2.75, 3.05) is 27.8 Å². The number of nitrogens with zero attached hydrogens (tertiary/aromatic N) is 1. The maximum absolute atomic E-state index is 5.21. The van der Waals surface area contributed by atoms with Crippen molar-refractivity contribution in [1.29, 1.82) is 0 Å². The van der Waals surface area contributed by atoms with Crippen LogP contribution in [0, 0.1) is 0 Å². The first-order chi connectivity index (χ1) is 12.7. The second-order valence-electron chi connectivity index (χ2n) is 6.16. The minimum atomic E-state index is 0. The summed E-state index contributed by atoms with van der Waals surface area (Å²) < 4.78 is 10.4. The Morgan fingerprint density at radius 2 is 1.48 bits per heavy atom. The van der Waals surface area contributed by atoms with Gasteiger partial charge < -0.3 is 20.1 Å². The lowest BCUT2D eigenvalue weighted by molar-refractivity contribution is 0.414. The van der Waals surface area contributed by atoms with Gasteiger partial charge in [0.2, 0.25) is 0 Å². The van der Waals surface area contributed by atoms with Gasteiger partial charge in [-0.05, 0) is 47.7 Å². The molecule has 6 heteroatoms. The van der Waals surface area contributed by atoms with E-state index in [1.807, 2.05) is 36.4 Å². The van der Waals surface area contributed by atoms with Crippen molar-refractivity contribution in [3.05, 3.63) is 59.7 Å². The Bertz CT molecular complexity index is 688. The van der Waals surface area contributed by atoms with Gasteiger partial charge in [-0.25, -0.2) is 0 Å². The Hall–Kier alpha value is -1.96. The second-order valence-corrected chi connectivity index (χ2v) is 6.16. The highest BCUT2D eigenvalue weighted by atomic mass is 127. The number of ether oxygens (including phenoxy) is 2. The van der Waals surface area contributed by atoms with E-state index in [4.69, 9.17) is 9.47 Å². The average molecular weight is 483 g/mol. The van der Waals surface area contributed by atoms with Crippen molar-refractivity contribution in [3.8, 4) is 11.5 Å². The summed E-state index contributed by atoms with van der Waals surface area (Å²) in [4.78, 5) is 4.28. The summed E-state index contributed by atoms with van der Waals surface area (Å²) in [5.74, 6) is 3.03. The van der Waals surface area contributed by atoms with Gasteiger partial charge in [0, 0.05) is 20.1 Å². The lowest BCUT2D eigenvalue weighted by atomic mass is 9.98. The van der Waals surface area contributed by atoms with Gasteiger partial charge in [0.25, 0.3) is 0 Å². The molecule has 0 aromatic heterocycles. The Kier molecular flexibility index (Phi) is 10.6. The lowest BCUT2D eigenvalue weighted by Gasteiger charge is -2.15. The van der Waals surface area contributed by atoms with Gasteiger partial charge in [0.1, 0.15) is 11.5 Å². The molecule has 0 saturated carbocycles. The number of benzene rings is 2. The predicted octanol–water partition coefficient (Wildman–Crippen LogP) is 4.18. The number of nitrogens with one attached hydrogen (secondary N) is 2. The first kappa shape index (κ1) is 23.1. The quantitative estimate of drug-likeness (QED) is 0.336. The number of hydrogen-bond donors (Lipinski definition) is 2. The van der Waals surface area contributed by atoms with Gasteiger partial charge in [0.05, 0.1) is 14.2 Å². The van der Waals surface area contributed by atoms with E-state index in [2.05, 4.69) is 34.7 Å². The van der Waals surface area contributed by atoms with Crippen LogP contribution in [0.1, 0.15) is 30.4 Å². The summed E-state index contributed by atoms with van der Waals surface area (Å²) in [5.41, 5.74) is 2.49. The van der Waals surface area contributed by atoms with E-state index in [-0.39, 0.29) is 24.0 Å². The van der Waals surface area contributed by atoms with Gasteiger partial charge >= 0.3 is 0 Å². The first-order valence-electron chi connectivity index (χ1n) is 8.87. The number of guanidine groups is 1. The fourth-order valence-electron chi connectivity index (χ4n) is 2.66. The summed E-state index contributed by atoms with van der Waals surface area (Å²) in [6.07, 6.45) is 1.02. The van der Waals surface area contributed by atoms with Crippen molar-refractivity contribution >= 4 is 29.9 Å². The van der Waals surface area contributed by atoms with Crippen molar-refractivity contribution in [1.82, 2.24) is 10.6 Å². The molecule has 2 aromatic rings. The van der Waals surface area contributed by atoms with Gasteiger partial charge in [-0.3, -0.25) is 4.99 Å². The molecule has 148 valence electrons. The molecule has 5 nitrogen and oxygen atoms in total. The number of aliphatic imine (C=N–C) groups is 1. The van der Waals surface area contributed by atoms with Crippen molar-refractivity contribution in [2.24, 2.45) is 4.99 Å². The first-order valence-corrected chi connectivity index (χ1v) is 8.87. The van der Waals surface area contributed by atoms with Crippen LogP contribution in [0.15, 0.2) is 53.5 Å². The van der Waals surface area contributed by atoms with E-state index in [0.29, 0.717) is 5.92 Å². The molecule has 2 aromatic carbocycles. The van der Waals surface area contributed by atoms with Crippen LogP contribution >= 0.6 is 24.0 Å². The van der Waals surface area contributed by atoms with E-state index in [0.717, 1.165) is 37.0 Å². The minimum Gasteiger partial charge on any atom is -0.497 e. The van der Waals surface area contributed by atoms with E-state index < -0.39 is 0 Å². The van der Waals surface area contributed by atoms with Crippen LogP contribution in [0.25, 0.3) is 0 Å². The predicted molar refractivity (Wildman–Crippen MR) is 123 cm³/mol. The average Bonchev–Trinajstić information content (AvgIpc) is 2.70. The molecule has 0 aliphatic heterocycles. The standard InChI is InChI=1S/C21H29N3O2.HI/c1-16(18-7-11-20(26-4)12-8-18)13-14-23-21(22-2)24-15-17-5-9-19(25-3)10-6-17;/h5-12,16H,13-15H2,1-4H3,(H2,22,23,24);1H. The van der Waals surface area contributed by atoms with Crippen molar-refractivity contribution < 1.29 is 9.47 Å². The van der Waals surface area contributed by atoms with Crippen molar-refractivity contribution in [3.63, 3.8) is 0 Å². The molecule has 1 unspecified atom stereocenters. The number of hydrogen-bond acceptors (Lipinski definition) is 3. The molecule has 27 heavy (non-hydrogen) atoms. The van der Waals surface area contributed by atoms with Crippen LogP contribution in [-0.2, 0) is 6.54 Å². The molecule has 1 atom stereocenters. The van der Waals surface area contributed by atoms with Crippen LogP contribution in [0.3, 0.4) is 0 Å². The normalized spacial score (nSPS) is 11.9. The fraction of sp³-hybridized carbons (Fsp3) is 0.381. The topological polar surface area (TPSA) is 54.9 Å². The third-order valence-corrected chi connectivity index (χ3v) is 4.40. The summed E-state index contributed by atoms with van der Waals surface area (Å²) >= 11 is 0. The zero-order chi connectivity index (χ0) is 18.8. The highest BCUT2D eigenvalue weighted by molar-refractivity contribution is 14.0. The highest BCUT2D eigenvalue weighted by Crippen LogP contribution is 2.21. The molecule has 0 amide bonds. The van der Waals surface area contributed by atoms with Gasteiger partial charge in [-0.1, -0.05) is 31.2 Å². The Morgan fingerprint density at radius 3 is 2.00 bits per heavy atom. The van der Waals surface area contributed by atoms with Crippen LogP contribution in [0.4, 0.5) is 0 Å². The summed E-state index contributed by atoms with van der Waals surface area (Å²) in [7, 11) is 5.15. The smallest absolute Gasteiger partial charge is 0.191 e. The number of rotatable bonds is 8. The molecule has 0 aliphatic rings. The molecule has 0 heterocycles. The van der Waals surface area contributed by atoms with Crippen molar-refractivity contribution in [2.45, 2.75) is 25.8 Å². The Balaban J connectivity index is 0.00000364. The minimum absolute atomic E-state index is 0. The maximum Gasteiger partial charge on any atom is 0.191 e. The molecule has 0 aliphatic carbocycles. The van der Waals surface area contributed by atoms with Crippen LogP contribution in [-0.4, -0.2) is 33.8 Å². The summed E-state index contributed by atoms with van der Waals surface area (Å²) in [6, 6.07) is 16.3. The zero-order valence-electron chi connectivity index (χ0n) is 16.5. The van der Waals surface area contributed by atoms with Crippen LogP contribution in [0.5, 0.6) is 11.5 Å². The van der Waals surface area contributed by atoms with E-state index >= 15 is 0 Å².